The zero-order valence-electron chi connectivity index (χ0n) is 48.9. The van der Waals surface area contributed by atoms with Gasteiger partial charge in [-0.1, -0.05) is 64.8 Å². The number of likely N-dealkylation sites (tertiary alicyclic amines) is 1. The largest absolute Gasteiger partial charge is 0.497 e. The zero-order valence-corrected chi connectivity index (χ0v) is 48.9. The van der Waals surface area contributed by atoms with Gasteiger partial charge in [0.15, 0.2) is 23.0 Å². The van der Waals surface area contributed by atoms with Gasteiger partial charge in [0.2, 0.25) is 29.5 Å². The monoisotopic (exact) mass is 1150 g/mol. The van der Waals surface area contributed by atoms with Gasteiger partial charge in [-0.3, -0.25) is 48.4 Å². The van der Waals surface area contributed by atoms with Gasteiger partial charge in [0.25, 0.3) is 11.8 Å². The molecular formula is C64H74N8O12. The van der Waals surface area contributed by atoms with Crippen LogP contribution in [-0.4, -0.2) is 134 Å². The zero-order chi connectivity index (χ0) is 59.8. The number of imide groups is 1. The molecular weight excluding hydrogens is 1070 g/mol. The minimum atomic E-state index is -0.925. The molecule has 0 aromatic heterocycles. The van der Waals surface area contributed by atoms with E-state index in [1.807, 2.05) is 76.5 Å². The standard InChI is InChI=1S/C64H74N8O12/c1-9-38(4)48-30-58(74)70(62(48)77)23-12-10-11-14-57(73)69-59(37(2)3)61(76)67-39(5)60(75)68-44-19-15-40(16-20-44)42-26-45-33-65-51-31-55(53(81-7)28-49(51)63(78)71(45)35-42)83-24-13-25-84-56-32-52-50(29-54(56)82-8)64(79)72-36-43(27-46(72)34-66-52)41-17-21-47(80-6)22-18-41/h15-22,28-29,31-39,45-46,48,59H,9-14,23-27,30H2,1-8H3,(H,67,76)(H,68,75)(H,69,73)/t38?,39-,45?,46-,48?,59?/m0/s1. The number of carbonyl (C=O) groups is 7. The number of methoxy groups -OCH3 is 3. The van der Waals surface area contributed by atoms with Crippen LogP contribution in [0.2, 0.25) is 0 Å². The van der Waals surface area contributed by atoms with Crippen LogP contribution in [0.5, 0.6) is 28.7 Å². The summed E-state index contributed by atoms with van der Waals surface area (Å²) >= 11 is 0. The van der Waals surface area contributed by atoms with Crippen LogP contribution in [-0.2, 0) is 24.0 Å². The number of amides is 7. The summed E-state index contributed by atoms with van der Waals surface area (Å²) < 4.78 is 29.0. The van der Waals surface area contributed by atoms with Crippen LogP contribution in [0, 0.1) is 17.8 Å². The van der Waals surface area contributed by atoms with E-state index in [1.54, 1.807) is 72.7 Å². The predicted molar refractivity (Wildman–Crippen MR) is 318 cm³/mol. The van der Waals surface area contributed by atoms with Gasteiger partial charge in [-0.25, -0.2) is 0 Å². The number of hydrogen-bond donors (Lipinski definition) is 3. The molecule has 5 heterocycles. The molecule has 0 radical (unpaired) electrons. The van der Waals surface area contributed by atoms with Crippen molar-refractivity contribution in [2.45, 2.75) is 117 Å². The molecule has 20 nitrogen and oxygen atoms in total. The summed E-state index contributed by atoms with van der Waals surface area (Å²) in [5.41, 5.74) is 5.96. The Morgan fingerprint density at radius 3 is 1.69 bits per heavy atom. The molecule has 1 saturated heterocycles. The Morgan fingerprint density at radius 2 is 1.18 bits per heavy atom. The molecule has 0 saturated carbocycles. The van der Waals surface area contributed by atoms with Crippen molar-refractivity contribution >= 4 is 82.0 Å². The van der Waals surface area contributed by atoms with Crippen molar-refractivity contribution in [1.82, 2.24) is 25.3 Å². The maximum atomic E-state index is 14.1. The van der Waals surface area contributed by atoms with Crippen LogP contribution in [0.1, 0.15) is 124 Å². The van der Waals surface area contributed by atoms with E-state index >= 15 is 0 Å². The first-order chi connectivity index (χ1) is 40.5. The molecule has 5 aliphatic heterocycles. The third kappa shape index (κ3) is 13.3. The van der Waals surface area contributed by atoms with Crippen molar-refractivity contribution in [3.05, 3.63) is 107 Å². The van der Waals surface area contributed by atoms with E-state index in [2.05, 4.69) is 16.0 Å². The van der Waals surface area contributed by atoms with Gasteiger partial charge in [-0.05, 0) is 90.3 Å². The van der Waals surface area contributed by atoms with Gasteiger partial charge in [0, 0.05) is 87.2 Å². The second-order valence-electron chi connectivity index (χ2n) is 22.1. The van der Waals surface area contributed by atoms with Crippen molar-refractivity contribution < 1.29 is 57.2 Å². The normalized spacial score (nSPS) is 18.8. The van der Waals surface area contributed by atoms with Crippen molar-refractivity contribution in [3.63, 3.8) is 0 Å². The molecule has 3 N–H and O–H groups in total. The Labute approximate surface area is 489 Å². The Morgan fingerprint density at radius 1 is 0.631 bits per heavy atom. The fraction of sp³-hybridized carbons (Fsp3) is 0.422. The summed E-state index contributed by atoms with van der Waals surface area (Å²) in [6.45, 7) is 10.0. The van der Waals surface area contributed by atoms with Gasteiger partial charge in [-0.2, -0.15) is 0 Å². The number of ether oxygens (including phenoxy) is 5. The van der Waals surface area contributed by atoms with Gasteiger partial charge < -0.3 is 49.4 Å². The molecule has 5 aliphatic rings. The number of rotatable bonds is 25. The summed E-state index contributed by atoms with van der Waals surface area (Å²) in [5, 5.41) is 8.41. The molecule has 0 aliphatic carbocycles. The molecule has 442 valence electrons. The first-order valence-electron chi connectivity index (χ1n) is 28.8. The van der Waals surface area contributed by atoms with E-state index in [0.29, 0.717) is 96.3 Å². The van der Waals surface area contributed by atoms with Crippen molar-refractivity contribution in [1.29, 1.82) is 0 Å². The average Bonchev–Trinajstić information content (AvgIpc) is 3.91. The summed E-state index contributed by atoms with van der Waals surface area (Å²) in [6, 6.07) is 19.3. The van der Waals surface area contributed by atoms with E-state index in [4.69, 9.17) is 33.7 Å². The number of unbranched alkanes of at least 4 members (excludes halogenated alkanes) is 2. The number of nitrogens with one attached hydrogen (secondary N) is 3. The number of benzene rings is 4. The topological polar surface area (TPSA) is 236 Å². The Kier molecular flexibility index (Phi) is 18.9. The highest BCUT2D eigenvalue weighted by atomic mass is 16.5. The van der Waals surface area contributed by atoms with E-state index in [-0.39, 0.29) is 85.4 Å². The fourth-order valence-electron chi connectivity index (χ4n) is 10.9. The summed E-state index contributed by atoms with van der Waals surface area (Å²) in [7, 11) is 4.65. The highest BCUT2D eigenvalue weighted by molar-refractivity contribution is 6.07. The first kappa shape index (κ1) is 59.8. The predicted octanol–water partition coefficient (Wildman–Crippen LogP) is 9.07. The highest BCUT2D eigenvalue weighted by Crippen LogP contribution is 2.42. The van der Waals surface area contributed by atoms with Crippen LogP contribution in [0.4, 0.5) is 17.1 Å². The molecule has 0 bridgehead atoms. The van der Waals surface area contributed by atoms with E-state index in [9.17, 15) is 33.6 Å². The van der Waals surface area contributed by atoms with Gasteiger partial charge >= 0.3 is 0 Å². The van der Waals surface area contributed by atoms with Crippen LogP contribution < -0.4 is 39.6 Å². The smallest absolute Gasteiger partial charge is 0.260 e. The molecule has 9 rings (SSSR count). The lowest BCUT2D eigenvalue weighted by molar-refractivity contribution is -0.140. The summed E-state index contributed by atoms with van der Waals surface area (Å²) in [5.74, 6) is 0.0998. The molecule has 4 aromatic rings. The van der Waals surface area contributed by atoms with Crippen LogP contribution in [0.25, 0.3) is 11.1 Å². The van der Waals surface area contributed by atoms with E-state index in [0.717, 1.165) is 34.4 Å². The maximum Gasteiger partial charge on any atom is 0.260 e. The van der Waals surface area contributed by atoms with Crippen molar-refractivity contribution in [3.8, 4) is 28.7 Å². The number of carbonyl (C=O) groups excluding carboxylic acids is 7. The average molecular weight is 1150 g/mol. The van der Waals surface area contributed by atoms with E-state index in [1.165, 1.54) is 19.1 Å². The summed E-state index contributed by atoms with van der Waals surface area (Å²) in [4.78, 5) is 107. The minimum Gasteiger partial charge on any atom is -0.497 e. The Hall–Kier alpha value is -8.81. The van der Waals surface area contributed by atoms with Gasteiger partial charge in [0.1, 0.15) is 17.8 Å². The quantitative estimate of drug-likeness (QED) is 0.0416. The van der Waals surface area contributed by atoms with Gasteiger partial charge in [-0.15, -0.1) is 0 Å². The molecule has 4 unspecified atom stereocenters. The number of aliphatic imine (C=N–C) groups is 2. The lowest BCUT2D eigenvalue weighted by Crippen LogP contribution is -2.53. The first-order valence-corrected chi connectivity index (χ1v) is 28.8. The second-order valence-corrected chi connectivity index (χ2v) is 22.1. The van der Waals surface area contributed by atoms with Crippen molar-refractivity contribution in [2.75, 3.05) is 46.4 Å². The molecule has 4 aromatic carbocycles. The number of fused-ring (bicyclic) bond motifs is 4. The molecule has 6 atom stereocenters. The van der Waals surface area contributed by atoms with Crippen molar-refractivity contribution in [2.24, 2.45) is 27.7 Å². The lowest BCUT2D eigenvalue weighted by atomic mass is 9.90. The molecule has 1 fully saturated rings. The SMILES string of the molecule is CCC(C)C1CC(=O)N(CCCCCC(=O)NC(C(=O)N[C@@H](C)C(=O)Nc2ccc(C3=CN4C(=O)c5cc(OC)c(OCCCOc6cc7c(cc6OC)C(=O)N6C=C(c8ccc(OC)cc8)C[C@H]6C=N7)cc5N=CC4C3)cc2)C(C)C)C1=O. The molecule has 0 spiro atoms. The number of nitrogens with zero attached hydrogens (tertiary/aromatic N) is 5. The minimum absolute atomic E-state index is 0.103. The Bertz CT molecular complexity index is 3300. The number of anilines is 1. The third-order valence-electron chi connectivity index (χ3n) is 16.1. The molecule has 7 amide bonds. The second kappa shape index (κ2) is 26.6. The lowest BCUT2D eigenvalue weighted by Gasteiger charge is -2.24. The highest BCUT2D eigenvalue weighted by Gasteiger charge is 2.41. The molecule has 20 heteroatoms. The van der Waals surface area contributed by atoms with Crippen LogP contribution in [0.3, 0.4) is 0 Å². The van der Waals surface area contributed by atoms with Crippen LogP contribution in [0.15, 0.2) is 95.2 Å². The summed E-state index contributed by atoms with van der Waals surface area (Å²) in [6.07, 6.45) is 11.8. The number of hydrogen-bond acceptors (Lipinski definition) is 14. The van der Waals surface area contributed by atoms with Crippen LogP contribution >= 0.6 is 0 Å². The fourth-order valence-corrected chi connectivity index (χ4v) is 10.9. The maximum absolute atomic E-state index is 14.1. The Balaban J connectivity index is 0.727. The van der Waals surface area contributed by atoms with E-state index < -0.39 is 23.9 Å². The van der Waals surface area contributed by atoms with Gasteiger partial charge in [0.05, 0.1) is 69.1 Å². The molecule has 84 heavy (non-hydrogen) atoms. The third-order valence-corrected chi connectivity index (χ3v) is 16.1.